The highest BCUT2D eigenvalue weighted by Gasteiger charge is 2.16. The molecule has 1 unspecified atom stereocenters. The first kappa shape index (κ1) is 16.4. The zero-order chi connectivity index (χ0) is 16.8. The summed E-state index contributed by atoms with van der Waals surface area (Å²) in [5, 5.41) is 5.64. The molecule has 1 atom stereocenters. The molecule has 2 N–H and O–H groups in total. The summed E-state index contributed by atoms with van der Waals surface area (Å²) in [6.45, 7) is 2.85. The first-order chi connectivity index (χ1) is 11.7. The molecule has 0 spiro atoms. The second-order valence-corrected chi connectivity index (χ2v) is 5.95. The Balaban J connectivity index is 1.50. The average Bonchev–Trinajstić information content (AvgIpc) is 3.27. The van der Waals surface area contributed by atoms with Crippen molar-refractivity contribution in [2.45, 2.75) is 19.5 Å². The highest BCUT2D eigenvalue weighted by molar-refractivity contribution is 5.73. The van der Waals surface area contributed by atoms with Gasteiger partial charge in [0.05, 0.1) is 19.5 Å². The number of ether oxygens (including phenoxy) is 1. The van der Waals surface area contributed by atoms with E-state index in [0.717, 1.165) is 18.6 Å². The Labute approximate surface area is 140 Å². The van der Waals surface area contributed by atoms with E-state index in [4.69, 9.17) is 4.74 Å². The van der Waals surface area contributed by atoms with Crippen molar-refractivity contribution in [2.75, 3.05) is 19.8 Å². The van der Waals surface area contributed by atoms with Gasteiger partial charge in [0.15, 0.2) is 0 Å². The molecule has 0 bridgehead atoms. The Morgan fingerprint density at radius 2 is 2.33 bits per heavy atom. The molecule has 7 heteroatoms. The molecule has 128 valence electrons. The number of aromatic nitrogens is 2. The zero-order valence-electron chi connectivity index (χ0n) is 13.4. The maximum absolute atomic E-state index is 13.9. The predicted octanol–water partition coefficient (Wildman–Crippen LogP) is 1.91. The number of urea groups is 1. The summed E-state index contributed by atoms with van der Waals surface area (Å²) < 4.78 is 21.0. The Bertz CT molecular complexity index is 669. The minimum Gasteiger partial charge on any atom is -0.381 e. The molecule has 2 heterocycles. The van der Waals surface area contributed by atoms with Crippen LogP contribution in [0.3, 0.4) is 0 Å². The third-order valence-electron chi connectivity index (χ3n) is 4.05. The third kappa shape index (κ3) is 4.55. The molecule has 2 aromatic rings. The van der Waals surface area contributed by atoms with Gasteiger partial charge in [0.25, 0.3) is 0 Å². The van der Waals surface area contributed by atoms with Gasteiger partial charge in [-0.3, -0.25) is 0 Å². The summed E-state index contributed by atoms with van der Waals surface area (Å²) in [4.78, 5) is 15.8. The Hall–Kier alpha value is -2.41. The third-order valence-corrected chi connectivity index (χ3v) is 4.05. The molecule has 1 aliphatic heterocycles. The van der Waals surface area contributed by atoms with Crippen LogP contribution in [-0.4, -0.2) is 35.3 Å². The van der Waals surface area contributed by atoms with E-state index in [1.54, 1.807) is 35.4 Å². The number of halogens is 1. The molecule has 0 radical (unpaired) electrons. The second-order valence-electron chi connectivity index (χ2n) is 5.95. The van der Waals surface area contributed by atoms with Crippen LogP contribution in [0.5, 0.6) is 0 Å². The van der Waals surface area contributed by atoms with Gasteiger partial charge in [-0.2, -0.15) is 0 Å². The van der Waals surface area contributed by atoms with Crippen molar-refractivity contribution >= 4 is 6.03 Å². The monoisotopic (exact) mass is 332 g/mol. The summed E-state index contributed by atoms with van der Waals surface area (Å²) in [6.07, 6.45) is 6.06. The minimum atomic E-state index is -0.266. The lowest BCUT2D eigenvalue weighted by atomic mass is 10.1. The van der Waals surface area contributed by atoms with Crippen molar-refractivity contribution in [3.63, 3.8) is 0 Å². The van der Waals surface area contributed by atoms with Gasteiger partial charge in [-0.05, 0) is 24.1 Å². The lowest BCUT2D eigenvalue weighted by Gasteiger charge is -2.12. The van der Waals surface area contributed by atoms with Gasteiger partial charge in [-0.25, -0.2) is 14.2 Å². The summed E-state index contributed by atoms with van der Waals surface area (Å²) in [6, 6.07) is 4.65. The van der Waals surface area contributed by atoms with Crippen molar-refractivity contribution in [1.82, 2.24) is 20.2 Å². The molecule has 0 saturated carbocycles. The predicted molar refractivity (Wildman–Crippen MR) is 86.9 cm³/mol. The topological polar surface area (TPSA) is 68.2 Å². The highest BCUT2D eigenvalue weighted by Crippen LogP contribution is 2.13. The SMILES string of the molecule is O=C(NCc1ccc(F)c(Cn2ccnc2)c1)NCC1CCOC1. The number of benzene rings is 1. The van der Waals surface area contributed by atoms with Gasteiger partial charge in [0.2, 0.25) is 0 Å². The fourth-order valence-corrected chi connectivity index (χ4v) is 2.66. The molecule has 1 saturated heterocycles. The van der Waals surface area contributed by atoms with Crippen LogP contribution in [0, 0.1) is 11.7 Å². The minimum absolute atomic E-state index is 0.220. The number of nitrogens with one attached hydrogen (secondary N) is 2. The van der Waals surface area contributed by atoms with E-state index < -0.39 is 0 Å². The molecular formula is C17H21FN4O2. The van der Waals surface area contributed by atoms with E-state index in [0.29, 0.717) is 37.7 Å². The van der Waals surface area contributed by atoms with Gasteiger partial charge in [-0.1, -0.05) is 6.07 Å². The average molecular weight is 332 g/mol. The van der Waals surface area contributed by atoms with Gasteiger partial charge < -0.3 is 19.9 Å². The van der Waals surface area contributed by atoms with Crippen LogP contribution in [0.15, 0.2) is 36.9 Å². The van der Waals surface area contributed by atoms with Gasteiger partial charge in [0, 0.05) is 43.6 Å². The molecule has 0 aliphatic carbocycles. The smallest absolute Gasteiger partial charge is 0.315 e. The van der Waals surface area contributed by atoms with Gasteiger partial charge in [-0.15, -0.1) is 0 Å². The van der Waals surface area contributed by atoms with Crippen LogP contribution >= 0.6 is 0 Å². The summed E-state index contributed by atoms with van der Waals surface area (Å²) >= 11 is 0. The summed E-state index contributed by atoms with van der Waals surface area (Å²) in [7, 11) is 0. The fourth-order valence-electron chi connectivity index (χ4n) is 2.66. The summed E-state index contributed by atoms with van der Waals surface area (Å²) in [5.74, 6) is 0.126. The first-order valence-electron chi connectivity index (χ1n) is 8.03. The number of carbonyl (C=O) groups is 1. The van der Waals surface area contributed by atoms with Crippen LogP contribution in [0.4, 0.5) is 9.18 Å². The molecule has 2 amide bonds. The van der Waals surface area contributed by atoms with Crippen molar-refractivity contribution in [1.29, 1.82) is 0 Å². The maximum atomic E-state index is 13.9. The molecule has 3 rings (SSSR count). The van der Waals surface area contributed by atoms with Crippen molar-refractivity contribution in [3.05, 3.63) is 53.9 Å². The van der Waals surface area contributed by atoms with E-state index in [1.165, 1.54) is 6.07 Å². The van der Waals surface area contributed by atoms with Crippen molar-refractivity contribution in [3.8, 4) is 0 Å². The van der Waals surface area contributed by atoms with E-state index in [1.807, 2.05) is 0 Å². The van der Waals surface area contributed by atoms with Crippen molar-refractivity contribution < 1.29 is 13.9 Å². The van der Waals surface area contributed by atoms with E-state index in [9.17, 15) is 9.18 Å². The zero-order valence-corrected chi connectivity index (χ0v) is 13.4. The molecule has 6 nitrogen and oxygen atoms in total. The molecule has 1 aromatic heterocycles. The number of carbonyl (C=O) groups excluding carboxylic acids is 1. The molecular weight excluding hydrogens is 311 g/mol. The second kappa shape index (κ2) is 7.92. The largest absolute Gasteiger partial charge is 0.381 e. The van der Waals surface area contributed by atoms with Crippen LogP contribution in [0.1, 0.15) is 17.5 Å². The quantitative estimate of drug-likeness (QED) is 0.849. The van der Waals surface area contributed by atoms with E-state index >= 15 is 0 Å². The fraction of sp³-hybridized carbons (Fsp3) is 0.412. The van der Waals surface area contributed by atoms with Gasteiger partial charge >= 0.3 is 6.03 Å². The van der Waals surface area contributed by atoms with Crippen LogP contribution in [0.25, 0.3) is 0 Å². The van der Waals surface area contributed by atoms with Crippen LogP contribution in [0.2, 0.25) is 0 Å². The maximum Gasteiger partial charge on any atom is 0.315 e. The summed E-state index contributed by atoms with van der Waals surface area (Å²) in [5.41, 5.74) is 1.42. The molecule has 1 aromatic carbocycles. The Morgan fingerprint density at radius 3 is 3.08 bits per heavy atom. The first-order valence-corrected chi connectivity index (χ1v) is 8.03. The van der Waals surface area contributed by atoms with E-state index in [2.05, 4.69) is 15.6 Å². The number of hydrogen-bond donors (Lipinski definition) is 2. The highest BCUT2D eigenvalue weighted by atomic mass is 19.1. The number of amides is 2. The standard InChI is InChI=1S/C17H21FN4O2/c18-16-2-1-13(7-15(16)10-22-5-4-19-12-22)8-20-17(23)21-9-14-3-6-24-11-14/h1-2,4-5,7,12,14H,3,6,8-11H2,(H2,20,21,23). The molecule has 24 heavy (non-hydrogen) atoms. The van der Waals surface area contributed by atoms with Crippen LogP contribution in [-0.2, 0) is 17.8 Å². The van der Waals surface area contributed by atoms with Gasteiger partial charge in [0.1, 0.15) is 5.82 Å². The van der Waals surface area contributed by atoms with Crippen molar-refractivity contribution in [2.24, 2.45) is 5.92 Å². The lowest BCUT2D eigenvalue weighted by Crippen LogP contribution is -2.38. The Morgan fingerprint density at radius 1 is 1.42 bits per heavy atom. The van der Waals surface area contributed by atoms with Crippen LogP contribution < -0.4 is 10.6 Å². The number of rotatable bonds is 6. The number of hydrogen-bond acceptors (Lipinski definition) is 3. The molecule has 1 fully saturated rings. The molecule has 1 aliphatic rings. The number of nitrogens with zero attached hydrogens (tertiary/aromatic N) is 2. The number of imidazole rings is 1. The normalized spacial score (nSPS) is 17.0. The van der Waals surface area contributed by atoms with E-state index in [-0.39, 0.29) is 11.8 Å². The Kier molecular flexibility index (Phi) is 5.43. The lowest BCUT2D eigenvalue weighted by molar-refractivity contribution is 0.185.